The fourth-order valence-corrected chi connectivity index (χ4v) is 4.46. The zero-order chi connectivity index (χ0) is 9.54. The van der Waals surface area contributed by atoms with Crippen LogP contribution in [0.5, 0.6) is 0 Å². The van der Waals surface area contributed by atoms with Gasteiger partial charge in [0, 0.05) is 0 Å². The summed E-state index contributed by atoms with van der Waals surface area (Å²) in [7, 11) is -0.471. The molecule has 3 aromatic rings. The van der Waals surface area contributed by atoms with Gasteiger partial charge in [-0.25, -0.2) is 0 Å². The Hall–Kier alpha value is -1.34. The molecule has 1 heterocycles. The predicted molar refractivity (Wildman–Crippen MR) is 64.0 cm³/mol. The molecule has 0 aliphatic heterocycles. The van der Waals surface area contributed by atoms with Gasteiger partial charge in [0.25, 0.3) is 0 Å². The molecular weight excluding hydrogens is 184 g/mol. The summed E-state index contributed by atoms with van der Waals surface area (Å²) >= 11 is 0. The van der Waals surface area contributed by atoms with Crippen LogP contribution >= 0.6 is 0 Å². The summed E-state index contributed by atoms with van der Waals surface area (Å²) in [6.45, 7) is 2.38. The standard InChI is InChI=1S/C13H11Si/c1-14-12-8-4-2-6-10(12)11-7-3-5-9-13(11)14/h2-9H,1H3/q-1. The number of hydrogen-bond donors (Lipinski definition) is 0. The van der Waals surface area contributed by atoms with Crippen molar-refractivity contribution in [2.75, 3.05) is 0 Å². The molecule has 0 spiro atoms. The summed E-state index contributed by atoms with van der Waals surface area (Å²) in [6.07, 6.45) is 0. The summed E-state index contributed by atoms with van der Waals surface area (Å²) in [5.41, 5.74) is 0. The van der Waals surface area contributed by atoms with E-state index in [4.69, 9.17) is 0 Å². The molecular formula is C13H11Si-. The van der Waals surface area contributed by atoms with Crippen LogP contribution in [-0.4, -0.2) is 8.40 Å². The molecule has 0 nitrogen and oxygen atoms in total. The zero-order valence-electron chi connectivity index (χ0n) is 8.12. The van der Waals surface area contributed by atoms with Crippen molar-refractivity contribution >= 4 is 29.2 Å². The van der Waals surface area contributed by atoms with Crippen molar-refractivity contribution in [1.29, 1.82) is 0 Å². The first-order valence-electron chi connectivity index (χ1n) is 4.90. The Bertz CT molecular complexity index is 551. The number of rotatable bonds is 0. The molecule has 0 saturated carbocycles. The van der Waals surface area contributed by atoms with E-state index in [9.17, 15) is 0 Å². The highest BCUT2D eigenvalue weighted by Gasteiger charge is 1.96. The molecule has 68 valence electrons. The molecule has 0 N–H and O–H groups in total. The Balaban J connectivity index is 2.69. The van der Waals surface area contributed by atoms with Gasteiger partial charge in [0.2, 0.25) is 0 Å². The fourth-order valence-electron chi connectivity index (χ4n) is 2.24. The van der Waals surface area contributed by atoms with Crippen LogP contribution in [0.3, 0.4) is 0 Å². The van der Waals surface area contributed by atoms with Crippen molar-refractivity contribution in [2.24, 2.45) is 6.55 Å². The van der Waals surface area contributed by atoms with E-state index in [1.807, 2.05) is 0 Å². The van der Waals surface area contributed by atoms with Gasteiger partial charge in [-0.2, -0.15) is 16.5 Å². The Kier molecular flexibility index (Phi) is 1.61. The topological polar surface area (TPSA) is 0 Å². The maximum absolute atomic E-state index is 2.38. The molecule has 0 fully saturated rings. The lowest BCUT2D eigenvalue weighted by atomic mass is 10.2. The quantitative estimate of drug-likeness (QED) is 0.483. The molecule has 0 amide bonds. The molecule has 0 aliphatic carbocycles. The third-order valence-corrected chi connectivity index (χ3v) is 5.44. The molecule has 1 heteroatoms. The molecule has 2 aromatic carbocycles. The van der Waals surface area contributed by atoms with Crippen molar-refractivity contribution in [2.45, 2.75) is 0 Å². The molecule has 0 bridgehead atoms. The first-order chi connectivity index (χ1) is 6.88. The lowest BCUT2D eigenvalue weighted by molar-refractivity contribution is 1.84. The second kappa shape index (κ2) is 2.82. The summed E-state index contributed by atoms with van der Waals surface area (Å²) in [5, 5.41) is 2.92. The van der Waals surface area contributed by atoms with Crippen LogP contribution in [0.15, 0.2) is 48.5 Å². The van der Waals surface area contributed by atoms with Gasteiger partial charge in [0.1, 0.15) is 0 Å². The van der Waals surface area contributed by atoms with Crippen LogP contribution < -0.4 is 0 Å². The maximum atomic E-state index is 2.38. The first kappa shape index (κ1) is 8.01. The van der Waals surface area contributed by atoms with Gasteiger partial charge in [-0.05, 0) is 0 Å². The zero-order valence-corrected chi connectivity index (χ0v) is 9.12. The van der Waals surface area contributed by atoms with Gasteiger partial charge in [0.05, 0.1) is 0 Å². The van der Waals surface area contributed by atoms with E-state index in [2.05, 4.69) is 55.1 Å². The Morgan fingerprint density at radius 2 is 1.14 bits per heavy atom. The SMILES string of the molecule is C[si-]1c2ccccc2c2ccccc21. The molecule has 0 aliphatic rings. The molecule has 0 unspecified atom stereocenters. The highest BCUT2D eigenvalue weighted by Crippen LogP contribution is 2.26. The Labute approximate surface area is 84.7 Å². The van der Waals surface area contributed by atoms with E-state index in [-0.39, 0.29) is 0 Å². The summed E-state index contributed by atoms with van der Waals surface area (Å²) in [6, 6.07) is 17.6. The van der Waals surface area contributed by atoms with E-state index in [1.165, 1.54) is 10.8 Å². The highest BCUT2D eigenvalue weighted by molar-refractivity contribution is 6.76. The van der Waals surface area contributed by atoms with Crippen molar-refractivity contribution < 1.29 is 0 Å². The van der Waals surface area contributed by atoms with E-state index in [1.54, 1.807) is 9.99 Å². The lowest BCUT2D eigenvalue weighted by Crippen LogP contribution is -1.87. The van der Waals surface area contributed by atoms with Crippen molar-refractivity contribution in [3.63, 3.8) is 0 Å². The third-order valence-electron chi connectivity index (χ3n) is 2.95. The van der Waals surface area contributed by atoms with Gasteiger partial charge in [0.15, 0.2) is 0 Å². The number of hydrogen-bond acceptors (Lipinski definition) is 0. The Morgan fingerprint density at radius 1 is 0.714 bits per heavy atom. The largest absolute Gasteiger partial charge is 0.254 e. The molecule has 3 rings (SSSR count). The van der Waals surface area contributed by atoms with Crippen molar-refractivity contribution in [3.8, 4) is 0 Å². The smallest absolute Gasteiger partial charge is 0.0514 e. The average Bonchev–Trinajstić information content (AvgIpc) is 2.55. The molecule has 0 radical (unpaired) electrons. The molecule has 1 aromatic heterocycles. The summed E-state index contributed by atoms with van der Waals surface area (Å²) < 4.78 is 0. The normalized spacial score (nSPS) is 11.2. The fraction of sp³-hybridized carbons (Fsp3) is 0.0769. The van der Waals surface area contributed by atoms with E-state index in [0.717, 1.165) is 0 Å². The number of benzene rings is 2. The van der Waals surface area contributed by atoms with Gasteiger partial charge in [-0.3, -0.25) is 8.40 Å². The minimum atomic E-state index is -0.471. The van der Waals surface area contributed by atoms with Crippen LogP contribution in [0, 0.1) is 0 Å². The minimum Gasteiger partial charge on any atom is -0.254 e. The lowest BCUT2D eigenvalue weighted by Gasteiger charge is -2.03. The number of fused-ring (bicyclic) bond motifs is 3. The summed E-state index contributed by atoms with van der Waals surface area (Å²) in [5.74, 6) is 0. The third kappa shape index (κ3) is 0.932. The Morgan fingerprint density at radius 3 is 1.64 bits per heavy atom. The second-order valence-corrected chi connectivity index (χ2v) is 6.04. The molecule has 0 atom stereocenters. The average molecular weight is 195 g/mol. The van der Waals surface area contributed by atoms with Crippen molar-refractivity contribution in [1.82, 2.24) is 0 Å². The van der Waals surface area contributed by atoms with Crippen LogP contribution in [-0.2, 0) is 6.55 Å². The van der Waals surface area contributed by atoms with Crippen molar-refractivity contribution in [3.05, 3.63) is 48.5 Å². The minimum absolute atomic E-state index is 0.471. The van der Waals surface area contributed by atoms with Gasteiger partial charge in [-0.1, -0.05) is 59.3 Å². The first-order valence-corrected chi connectivity index (χ1v) is 6.90. The van der Waals surface area contributed by atoms with E-state index >= 15 is 0 Å². The number of aryl methyl sites for hydroxylation is 1. The predicted octanol–water partition coefficient (Wildman–Crippen LogP) is 3.27. The van der Waals surface area contributed by atoms with E-state index < -0.39 is 8.40 Å². The van der Waals surface area contributed by atoms with Gasteiger partial charge < -0.3 is 0 Å². The highest BCUT2D eigenvalue weighted by atomic mass is 28.2. The van der Waals surface area contributed by atoms with E-state index in [0.29, 0.717) is 0 Å². The molecule has 0 saturated heterocycles. The molecule has 14 heavy (non-hydrogen) atoms. The van der Waals surface area contributed by atoms with Crippen LogP contribution in [0.4, 0.5) is 0 Å². The van der Waals surface area contributed by atoms with Crippen LogP contribution in [0.2, 0.25) is 0 Å². The van der Waals surface area contributed by atoms with Gasteiger partial charge >= 0.3 is 0 Å². The van der Waals surface area contributed by atoms with Crippen LogP contribution in [0.1, 0.15) is 0 Å². The monoisotopic (exact) mass is 195 g/mol. The second-order valence-electron chi connectivity index (χ2n) is 3.72. The summed E-state index contributed by atoms with van der Waals surface area (Å²) in [4.78, 5) is 3.14. The maximum Gasteiger partial charge on any atom is -0.0514 e. The van der Waals surface area contributed by atoms with Crippen LogP contribution in [0.25, 0.3) is 20.8 Å². The van der Waals surface area contributed by atoms with Gasteiger partial charge in [-0.15, -0.1) is 0 Å².